The minimum atomic E-state index is -0.0827. The van der Waals surface area contributed by atoms with Gasteiger partial charge in [0.25, 0.3) is 0 Å². The molecule has 70 valence electrons. The van der Waals surface area contributed by atoms with Gasteiger partial charge in [-0.15, -0.1) is 0 Å². The predicted octanol–water partition coefficient (Wildman–Crippen LogP) is 3.26. The van der Waals surface area contributed by atoms with E-state index in [0.29, 0.717) is 20.7 Å². The largest absolute Gasteiger partial charge is 0.397 e. The summed E-state index contributed by atoms with van der Waals surface area (Å²) in [6.45, 7) is 0. The first-order valence-corrected chi connectivity index (χ1v) is 5.69. The van der Waals surface area contributed by atoms with Gasteiger partial charge in [-0.1, -0.05) is 27.5 Å². The monoisotopic (exact) mass is 325 g/mol. The van der Waals surface area contributed by atoms with E-state index in [1.54, 1.807) is 12.1 Å². The first-order chi connectivity index (χ1) is 6.06. The van der Waals surface area contributed by atoms with Crippen molar-refractivity contribution in [3.05, 3.63) is 27.2 Å². The maximum absolute atomic E-state index is 11.3. The molecule has 0 aliphatic heterocycles. The summed E-state index contributed by atoms with van der Waals surface area (Å²) in [7, 11) is 0. The lowest BCUT2D eigenvalue weighted by Crippen LogP contribution is -2.05. The molecule has 1 aromatic rings. The Morgan fingerprint density at radius 2 is 2.15 bits per heavy atom. The molecular weight excluding hydrogens is 321 g/mol. The van der Waals surface area contributed by atoms with Crippen LogP contribution < -0.4 is 5.73 Å². The lowest BCUT2D eigenvalue weighted by Gasteiger charge is -2.05. The number of nitrogens with two attached hydrogens (primary N) is 1. The second-order valence-electron chi connectivity index (χ2n) is 2.41. The molecule has 0 bridgehead atoms. The molecule has 0 atom stereocenters. The number of halogens is 3. The zero-order valence-electron chi connectivity index (χ0n) is 6.48. The molecule has 0 aliphatic rings. The highest BCUT2D eigenvalue weighted by Crippen LogP contribution is 2.28. The third-order valence-electron chi connectivity index (χ3n) is 1.52. The van der Waals surface area contributed by atoms with Crippen molar-refractivity contribution >= 4 is 54.9 Å². The van der Waals surface area contributed by atoms with Gasteiger partial charge in [-0.05, 0) is 28.1 Å². The molecule has 0 radical (unpaired) electrons. The van der Waals surface area contributed by atoms with Gasteiger partial charge in [0.15, 0.2) is 5.78 Å². The summed E-state index contributed by atoms with van der Waals surface area (Å²) in [5.41, 5.74) is 6.55. The number of Topliss-reactive ketones (excluding diaryl/α,β-unsaturated/α-hetero) is 1. The molecule has 13 heavy (non-hydrogen) atoms. The van der Waals surface area contributed by atoms with Crippen LogP contribution in [0, 0.1) is 0 Å². The van der Waals surface area contributed by atoms with Crippen LogP contribution in [0.4, 0.5) is 5.69 Å². The average molecular weight is 327 g/mol. The Morgan fingerprint density at radius 3 is 2.69 bits per heavy atom. The summed E-state index contributed by atoms with van der Waals surface area (Å²) in [5.74, 6) is -0.0827. The highest BCUT2D eigenvalue weighted by molar-refractivity contribution is 9.10. The number of nitrogen functional groups attached to an aromatic ring is 1. The Hall–Kier alpha value is -0.0600. The van der Waals surface area contributed by atoms with Gasteiger partial charge in [-0.2, -0.15) is 0 Å². The van der Waals surface area contributed by atoms with Crippen molar-refractivity contribution in [1.29, 1.82) is 0 Å². The highest BCUT2D eigenvalue weighted by atomic mass is 79.9. The zero-order chi connectivity index (χ0) is 10.0. The number of hydrogen-bond donors (Lipinski definition) is 1. The molecule has 2 N–H and O–H groups in total. The summed E-state index contributed by atoms with van der Waals surface area (Å²) in [6, 6.07) is 3.22. The summed E-state index contributed by atoms with van der Waals surface area (Å²) >= 11 is 12.1. The Kier molecular flexibility index (Phi) is 3.76. The molecule has 0 spiro atoms. The van der Waals surface area contributed by atoms with E-state index in [9.17, 15) is 4.79 Å². The molecular formula is C8H6Br2ClNO. The standard InChI is InChI=1S/C8H6Br2ClNO/c9-3-7(13)5-1-4(11)2-6(10)8(5)12/h1-2H,3,12H2. The van der Waals surface area contributed by atoms with E-state index >= 15 is 0 Å². The van der Waals surface area contributed by atoms with Crippen LogP contribution in [0.5, 0.6) is 0 Å². The maximum atomic E-state index is 11.3. The van der Waals surface area contributed by atoms with Gasteiger partial charge in [0.1, 0.15) is 0 Å². The van der Waals surface area contributed by atoms with Crippen LogP contribution in [0.2, 0.25) is 5.02 Å². The quantitative estimate of drug-likeness (QED) is 0.515. The van der Waals surface area contributed by atoms with Gasteiger partial charge in [-0.25, -0.2) is 0 Å². The van der Waals surface area contributed by atoms with Crippen molar-refractivity contribution < 1.29 is 4.79 Å². The van der Waals surface area contributed by atoms with Gasteiger partial charge in [0, 0.05) is 15.1 Å². The lowest BCUT2D eigenvalue weighted by atomic mass is 10.1. The van der Waals surface area contributed by atoms with Crippen molar-refractivity contribution in [1.82, 2.24) is 0 Å². The third kappa shape index (κ3) is 2.45. The van der Waals surface area contributed by atoms with Gasteiger partial charge < -0.3 is 5.73 Å². The van der Waals surface area contributed by atoms with Crippen LogP contribution in [-0.4, -0.2) is 11.1 Å². The van der Waals surface area contributed by atoms with Crippen molar-refractivity contribution in [2.45, 2.75) is 0 Å². The molecule has 0 aromatic heterocycles. The molecule has 1 rings (SSSR count). The van der Waals surface area contributed by atoms with Crippen LogP contribution in [0.1, 0.15) is 10.4 Å². The van der Waals surface area contributed by atoms with Crippen LogP contribution in [0.15, 0.2) is 16.6 Å². The van der Waals surface area contributed by atoms with Crippen LogP contribution in [0.25, 0.3) is 0 Å². The number of rotatable bonds is 2. The van der Waals surface area contributed by atoms with E-state index in [-0.39, 0.29) is 11.1 Å². The van der Waals surface area contributed by atoms with Crippen LogP contribution in [-0.2, 0) is 0 Å². The van der Waals surface area contributed by atoms with E-state index in [0.717, 1.165) is 0 Å². The van der Waals surface area contributed by atoms with Crippen molar-refractivity contribution in [2.24, 2.45) is 0 Å². The number of ketones is 1. The minimum Gasteiger partial charge on any atom is -0.397 e. The number of alkyl halides is 1. The molecule has 0 amide bonds. The number of anilines is 1. The normalized spacial score (nSPS) is 10.1. The summed E-state index contributed by atoms with van der Waals surface area (Å²) in [5, 5.41) is 0.731. The third-order valence-corrected chi connectivity index (χ3v) is 2.90. The summed E-state index contributed by atoms with van der Waals surface area (Å²) < 4.78 is 0.643. The maximum Gasteiger partial charge on any atom is 0.175 e. The minimum absolute atomic E-state index is 0.0827. The summed E-state index contributed by atoms with van der Waals surface area (Å²) in [4.78, 5) is 11.3. The number of benzene rings is 1. The lowest BCUT2D eigenvalue weighted by molar-refractivity contribution is 0.102. The first kappa shape index (κ1) is 11.0. The zero-order valence-corrected chi connectivity index (χ0v) is 10.4. The van der Waals surface area contributed by atoms with E-state index in [2.05, 4.69) is 31.9 Å². The molecule has 0 saturated heterocycles. The topological polar surface area (TPSA) is 43.1 Å². The van der Waals surface area contributed by atoms with E-state index in [4.69, 9.17) is 17.3 Å². The van der Waals surface area contributed by atoms with Crippen LogP contribution >= 0.6 is 43.5 Å². The molecule has 0 unspecified atom stereocenters. The molecule has 0 fully saturated rings. The Bertz CT molecular complexity index is 354. The molecule has 0 saturated carbocycles. The second kappa shape index (κ2) is 4.44. The summed E-state index contributed by atoms with van der Waals surface area (Å²) in [6.07, 6.45) is 0. The molecule has 0 aliphatic carbocycles. The fraction of sp³-hybridized carbons (Fsp3) is 0.125. The predicted molar refractivity (Wildman–Crippen MR) is 61.7 cm³/mol. The second-order valence-corrected chi connectivity index (χ2v) is 4.26. The highest BCUT2D eigenvalue weighted by Gasteiger charge is 2.11. The SMILES string of the molecule is Nc1c(Br)cc(Cl)cc1C(=O)CBr. The van der Waals surface area contributed by atoms with Gasteiger partial charge in [-0.3, -0.25) is 4.79 Å². The van der Waals surface area contributed by atoms with E-state index < -0.39 is 0 Å². The van der Waals surface area contributed by atoms with E-state index in [1.165, 1.54) is 0 Å². The molecule has 0 heterocycles. The first-order valence-electron chi connectivity index (χ1n) is 3.40. The Balaban J connectivity index is 3.28. The smallest absolute Gasteiger partial charge is 0.175 e. The van der Waals surface area contributed by atoms with Crippen molar-refractivity contribution in [3.63, 3.8) is 0 Å². The van der Waals surface area contributed by atoms with Crippen molar-refractivity contribution in [3.8, 4) is 0 Å². The van der Waals surface area contributed by atoms with Crippen molar-refractivity contribution in [2.75, 3.05) is 11.1 Å². The van der Waals surface area contributed by atoms with E-state index in [1.807, 2.05) is 0 Å². The molecule has 1 aromatic carbocycles. The number of hydrogen-bond acceptors (Lipinski definition) is 2. The fourth-order valence-corrected chi connectivity index (χ4v) is 2.00. The Morgan fingerprint density at radius 1 is 1.54 bits per heavy atom. The average Bonchev–Trinajstić information content (AvgIpc) is 2.10. The van der Waals surface area contributed by atoms with Crippen LogP contribution in [0.3, 0.4) is 0 Å². The number of carbonyl (C=O) groups is 1. The molecule has 5 heteroatoms. The molecule has 2 nitrogen and oxygen atoms in total. The fourth-order valence-electron chi connectivity index (χ4n) is 0.887. The Labute approximate surface area is 97.7 Å². The van der Waals surface area contributed by atoms with Gasteiger partial charge in [0.05, 0.1) is 11.0 Å². The van der Waals surface area contributed by atoms with Gasteiger partial charge >= 0.3 is 0 Å². The number of carbonyl (C=O) groups excluding carboxylic acids is 1. The van der Waals surface area contributed by atoms with Gasteiger partial charge in [0.2, 0.25) is 0 Å².